The first-order chi connectivity index (χ1) is 9.01. The lowest BCUT2D eigenvalue weighted by molar-refractivity contribution is 0.417. The molecule has 1 heterocycles. The van der Waals surface area contributed by atoms with Gasteiger partial charge in [-0.1, -0.05) is 16.8 Å². The normalized spacial score (nSPS) is 12.1. The van der Waals surface area contributed by atoms with E-state index in [0.717, 1.165) is 12.1 Å². The zero-order chi connectivity index (χ0) is 14.0. The molecule has 20 heavy (non-hydrogen) atoms. The number of benzene rings is 1. The first-order valence-corrected chi connectivity index (χ1v) is 6.03. The largest absolute Gasteiger partial charge is 0.334 e. The summed E-state index contributed by atoms with van der Waals surface area (Å²) in [5.74, 6) is -1.49. The minimum atomic E-state index is -1.02. The highest BCUT2D eigenvalue weighted by Gasteiger charge is 2.16. The minimum Gasteiger partial charge on any atom is -0.334 e. The highest BCUT2D eigenvalue weighted by molar-refractivity contribution is 6.33. The van der Waals surface area contributed by atoms with Gasteiger partial charge in [0.15, 0.2) is 17.5 Å². The van der Waals surface area contributed by atoms with E-state index < -0.39 is 11.6 Å². The van der Waals surface area contributed by atoms with Crippen molar-refractivity contribution < 1.29 is 13.3 Å². The molecule has 0 bridgehead atoms. The van der Waals surface area contributed by atoms with Gasteiger partial charge in [0.1, 0.15) is 0 Å². The van der Waals surface area contributed by atoms with Gasteiger partial charge in [-0.25, -0.2) is 8.78 Å². The monoisotopic (exact) mass is 323 g/mol. The van der Waals surface area contributed by atoms with Crippen LogP contribution in [0.5, 0.6) is 0 Å². The van der Waals surface area contributed by atoms with Crippen LogP contribution in [0.1, 0.15) is 12.7 Å². The molecule has 2 rings (SSSR count). The van der Waals surface area contributed by atoms with E-state index in [9.17, 15) is 8.78 Å². The fourth-order valence-corrected chi connectivity index (χ4v) is 1.74. The Hall–Kier alpha value is -1.24. The quantitative estimate of drug-likeness (QED) is 0.877. The van der Waals surface area contributed by atoms with E-state index in [1.165, 1.54) is 0 Å². The summed E-state index contributed by atoms with van der Waals surface area (Å²) in [6, 6.07) is 1.99. The minimum absolute atomic E-state index is 0. The van der Waals surface area contributed by atoms with E-state index >= 15 is 0 Å². The summed E-state index contributed by atoms with van der Waals surface area (Å²) in [4.78, 5) is 4.11. The zero-order valence-electron chi connectivity index (χ0n) is 10.8. The first-order valence-electron chi connectivity index (χ1n) is 5.66. The Bertz CT molecular complexity index is 592. The summed E-state index contributed by atoms with van der Waals surface area (Å²) < 4.78 is 31.2. The fraction of sp³-hybridized carbons (Fsp3) is 0.333. The molecule has 0 aliphatic carbocycles. The third-order valence-electron chi connectivity index (χ3n) is 2.69. The summed E-state index contributed by atoms with van der Waals surface area (Å²) in [6.45, 7) is 1.96. The average Bonchev–Trinajstić information content (AvgIpc) is 2.82. The van der Waals surface area contributed by atoms with Gasteiger partial charge in [0.2, 0.25) is 0 Å². The highest BCUT2D eigenvalue weighted by Crippen LogP contribution is 2.28. The van der Waals surface area contributed by atoms with Crippen molar-refractivity contribution in [3.63, 3.8) is 0 Å². The van der Waals surface area contributed by atoms with Gasteiger partial charge in [0, 0.05) is 12.5 Å². The maximum Gasteiger partial charge on any atom is 0.259 e. The van der Waals surface area contributed by atoms with Crippen molar-refractivity contribution in [3.8, 4) is 11.5 Å². The van der Waals surface area contributed by atoms with E-state index in [1.807, 2.05) is 14.0 Å². The Morgan fingerprint density at radius 1 is 1.35 bits per heavy atom. The van der Waals surface area contributed by atoms with Gasteiger partial charge in [-0.05, 0) is 26.1 Å². The van der Waals surface area contributed by atoms with Crippen LogP contribution < -0.4 is 5.32 Å². The van der Waals surface area contributed by atoms with E-state index in [1.54, 1.807) is 0 Å². The molecule has 0 spiro atoms. The Morgan fingerprint density at radius 2 is 2.00 bits per heavy atom. The summed E-state index contributed by atoms with van der Waals surface area (Å²) >= 11 is 5.83. The molecule has 1 aromatic heterocycles. The maximum atomic E-state index is 13.2. The molecule has 1 aromatic carbocycles. The molecule has 0 aliphatic heterocycles. The number of hydrogen-bond acceptors (Lipinski definition) is 4. The molecule has 0 saturated heterocycles. The van der Waals surface area contributed by atoms with Crippen LogP contribution in [-0.2, 0) is 6.42 Å². The predicted molar refractivity (Wildman–Crippen MR) is 74.1 cm³/mol. The van der Waals surface area contributed by atoms with Gasteiger partial charge in [-0.15, -0.1) is 12.4 Å². The van der Waals surface area contributed by atoms with Crippen LogP contribution in [0.25, 0.3) is 11.5 Å². The molecule has 0 amide bonds. The standard InChI is InChI=1S/C12H12ClF2N3O.ClH/c1-6(16-2)3-11-17-12(19-18-11)7-4-9(14)10(15)5-8(7)13;/h4-6,16H,3H2,1-2H3;1H. The maximum absolute atomic E-state index is 13.2. The van der Waals surface area contributed by atoms with E-state index in [-0.39, 0.29) is 34.9 Å². The lowest BCUT2D eigenvalue weighted by atomic mass is 10.2. The van der Waals surface area contributed by atoms with Crippen molar-refractivity contribution in [2.75, 3.05) is 7.05 Å². The van der Waals surface area contributed by atoms with Crippen molar-refractivity contribution in [3.05, 3.63) is 34.6 Å². The average molecular weight is 324 g/mol. The molecule has 0 aliphatic rings. The zero-order valence-corrected chi connectivity index (χ0v) is 12.4. The van der Waals surface area contributed by atoms with Crippen LogP contribution in [0, 0.1) is 11.6 Å². The van der Waals surface area contributed by atoms with E-state index in [0.29, 0.717) is 12.2 Å². The van der Waals surface area contributed by atoms with Crippen LogP contribution >= 0.6 is 24.0 Å². The second-order valence-corrected chi connectivity index (χ2v) is 4.56. The van der Waals surface area contributed by atoms with Gasteiger partial charge in [0.25, 0.3) is 5.89 Å². The Balaban J connectivity index is 0.00000200. The number of likely N-dealkylation sites (N-methyl/N-ethyl adjacent to an activating group) is 1. The molecule has 4 nitrogen and oxygen atoms in total. The number of halogens is 4. The Kier molecular flexibility index (Phi) is 5.86. The lowest BCUT2D eigenvalue weighted by Gasteiger charge is -2.04. The summed E-state index contributed by atoms with van der Waals surface area (Å²) in [6.07, 6.45) is 0.557. The lowest BCUT2D eigenvalue weighted by Crippen LogP contribution is -2.24. The van der Waals surface area contributed by atoms with Crippen LogP contribution in [-0.4, -0.2) is 23.2 Å². The highest BCUT2D eigenvalue weighted by atomic mass is 35.5. The molecular formula is C12H13Cl2F2N3O. The smallest absolute Gasteiger partial charge is 0.259 e. The number of hydrogen-bond donors (Lipinski definition) is 1. The van der Waals surface area contributed by atoms with Crippen LogP contribution in [0.2, 0.25) is 5.02 Å². The van der Waals surface area contributed by atoms with E-state index in [4.69, 9.17) is 16.1 Å². The van der Waals surface area contributed by atoms with Crippen LogP contribution in [0.3, 0.4) is 0 Å². The van der Waals surface area contributed by atoms with Crippen LogP contribution in [0.15, 0.2) is 16.7 Å². The topological polar surface area (TPSA) is 51.0 Å². The molecular weight excluding hydrogens is 311 g/mol. The Morgan fingerprint density at radius 3 is 2.65 bits per heavy atom. The molecule has 2 aromatic rings. The molecule has 110 valence electrons. The number of nitrogens with one attached hydrogen (secondary N) is 1. The van der Waals surface area contributed by atoms with Crippen molar-refractivity contribution in [1.82, 2.24) is 15.5 Å². The van der Waals surface area contributed by atoms with Crippen molar-refractivity contribution >= 4 is 24.0 Å². The van der Waals surface area contributed by atoms with Gasteiger partial charge in [0.05, 0.1) is 10.6 Å². The predicted octanol–water partition coefficient (Wildman–Crippen LogP) is 3.24. The van der Waals surface area contributed by atoms with Gasteiger partial charge in [-0.2, -0.15) is 4.98 Å². The molecule has 1 atom stereocenters. The first kappa shape index (κ1) is 16.8. The number of nitrogens with zero attached hydrogens (tertiary/aromatic N) is 2. The van der Waals surface area contributed by atoms with Gasteiger partial charge < -0.3 is 9.84 Å². The van der Waals surface area contributed by atoms with Crippen molar-refractivity contribution in [2.45, 2.75) is 19.4 Å². The molecule has 0 fully saturated rings. The van der Waals surface area contributed by atoms with E-state index in [2.05, 4.69) is 15.5 Å². The molecule has 0 radical (unpaired) electrons. The number of rotatable bonds is 4. The second kappa shape index (κ2) is 6.97. The SMILES string of the molecule is CNC(C)Cc1noc(-c2cc(F)c(F)cc2Cl)n1.Cl. The second-order valence-electron chi connectivity index (χ2n) is 4.16. The third-order valence-corrected chi connectivity index (χ3v) is 3.00. The van der Waals surface area contributed by atoms with Crippen LogP contribution in [0.4, 0.5) is 8.78 Å². The third kappa shape index (κ3) is 3.65. The summed E-state index contributed by atoms with van der Waals surface area (Å²) in [5, 5.41) is 6.83. The van der Waals surface area contributed by atoms with Crippen molar-refractivity contribution in [2.24, 2.45) is 0 Å². The summed E-state index contributed by atoms with van der Waals surface area (Å²) in [5.41, 5.74) is 0.177. The fourth-order valence-electron chi connectivity index (χ4n) is 1.51. The molecule has 8 heteroatoms. The molecule has 1 unspecified atom stereocenters. The number of aromatic nitrogens is 2. The van der Waals surface area contributed by atoms with Gasteiger partial charge in [-0.3, -0.25) is 0 Å². The Labute approximate surface area is 125 Å². The molecule has 1 N–H and O–H groups in total. The van der Waals surface area contributed by atoms with Crippen molar-refractivity contribution in [1.29, 1.82) is 0 Å². The van der Waals surface area contributed by atoms with Gasteiger partial charge >= 0.3 is 0 Å². The summed E-state index contributed by atoms with van der Waals surface area (Å²) in [7, 11) is 1.82. The molecule has 0 saturated carbocycles.